The Hall–Kier alpha value is -2.58. The second-order valence-electron chi connectivity index (χ2n) is 3.93. The van der Waals surface area contributed by atoms with Gasteiger partial charge >= 0.3 is 5.97 Å². The van der Waals surface area contributed by atoms with Gasteiger partial charge in [0.05, 0.1) is 27.9 Å². The highest BCUT2D eigenvalue weighted by molar-refractivity contribution is 6.33. The lowest BCUT2D eigenvalue weighted by molar-refractivity contribution is 0.0697. The van der Waals surface area contributed by atoms with E-state index in [4.69, 9.17) is 22.0 Å². The van der Waals surface area contributed by atoms with Crippen LogP contribution in [-0.2, 0) is 0 Å². The molecule has 0 saturated carbocycles. The number of anilines is 2. The molecule has 0 heterocycles. The van der Waals surface area contributed by atoms with E-state index in [1.807, 2.05) is 6.07 Å². The largest absolute Gasteiger partial charge is 0.478 e. The van der Waals surface area contributed by atoms with Crippen molar-refractivity contribution in [2.75, 3.05) is 5.32 Å². The summed E-state index contributed by atoms with van der Waals surface area (Å²) in [6.07, 6.45) is 0. The fraction of sp³-hybridized carbons (Fsp3) is 0. The van der Waals surface area contributed by atoms with E-state index in [1.54, 1.807) is 0 Å². The van der Waals surface area contributed by atoms with Gasteiger partial charge in [-0.2, -0.15) is 5.26 Å². The Kier molecular flexibility index (Phi) is 3.87. The maximum Gasteiger partial charge on any atom is 0.337 e. The summed E-state index contributed by atoms with van der Waals surface area (Å²) in [6, 6.07) is 10.0. The zero-order valence-electron chi connectivity index (χ0n) is 10.0. The molecule has 0 radical (unpaired) electrons. The van der Waals surface area contributed by atoms with Crippen LogP contribution in [0.2, 0.25) is 5.02 Å². The molecular weight excluding hydrogens is 283 g/mol. The molecule has 6 heteroatoms. The number of halogens is 2. The third kappa shape index (κ3) is 2.87. The molecule has 100 valence electrons. The number of aromatic carboxylic acids is 1. The lowest BCUT2D eigenvalue weighted by atomic mass is 10.2. The maximum absolute atomic E-state index is 13.7. The number of carbonyl (C=O) groups is 1. The number of carboxylic acid groups (broad SMARTS) is 1. The van der Waals surface area contributed by atoms with Crippen LogP contribution in [0.5, 0.6) is 0 Å². The summed E-state index contributed by atoms with van der Waals surface area (Å²) in [5, 5.41) is 20.3. The molecule has 4 nitrogen and oxygen atoms in total. The summed E-state index contributed by atoms with van der Waals surface area (Å²) in [7, 11) is 0. The number of hydrogen-bond acceptors (Lipinski definition) is 3. The summed E-state index contributed by atoms with van der Waals surface area (Å²) in [5.74, 6) is -1.71. The molecule has 2 rings (SSSR count). The van der Waals surface area contributed by atoms with Crippen molar-refractivity contribution >= 4 is 28.9 Å². The molecule has 0 saturated heterocycles. The maximum atomic E-state index is 13.7. The van der Waals surface area contributed by atoms with E-state index >= 15 is 0 Å². The van der Waals surface area contributed by atoms with Crippen LogP contribution in [0.3, 0.4) is 0 Å². The van der Waals surface area contributed by atoms with E-state index in [0.29, 0.717) is 5.69 Å². The number of nitrogens with zero attached hydrogens (tertiary/aromatic N) is 1. The molecule has 2 aromatic rings. The summed E-state index contributed by atoms with van der Waals surface area (Å²) in [6.45, 7) is 0. The minimum absolute atomic E-state index is 0.0301. The Bertz CT molecular complexity index is 726. The van der Waals surface area contributed by atoms with E-state index in [1.165, 1.54) is 30.3 Å². The summed E-state index contributed by atoms with van der Waals surface area (Å²) in [4.78, 5) is 10.8. The third-order valence-electron chi connectivity index (χ3n) is 2.58. The molecule has 20 heavy (non-hydrogen) atoms. The van der Waals surface area contributed by atoms with E-state index in [9.17, 15) is 9.18 Å². The monoisotopic (exact) mass is 290 g/mol. The van der Waals surface area contributed by atoms with Gasteiger partial charge in [-0.15, -0.1) is 0 Å². The number of carboxylic acids is 1. The lowest BCUT2D eigenvalue weighted by Crippen LogP contribution is -1.99. The van der Waals surface area contributed by atoms with Crippen LogP contribution in [0.1, 0.15) is 15.9 Å². The van der Waals surface area contributed by atoms with Crippen LogP contribution in [0.15, 0.2) is 36.4 Å². The first-order chi connectivity index (χ1) is 9.51. The second-order valence-corrected chi connectivity index (χ2v) is 4.34. The van der Waals surface area contributed by atoms with Crippen LogP contribution < -0.4 is 5.32 Å². The SMILES string of the molecule is N#Cc1ccc(Nc2ccc(C(=O)O)c(Cl)c2)c(F)c1. The van der Waals surface area contributed by atoms with Crippen LogP contribution in [0.25, 0.3) is 0 Å². The van der Waals surface area contributed by atoms with Crippen molar-refractivity contribution in [3.63, 3.8) is 0 Å². The molecule has 0 aromatic heterocycles. The summed E-state index contributed by atoms with van der Waals surface area (Å²) >= 11 is 5.82. The fourth-order valence-electron chi connectivity index (χ4n) is 1.61. The predicted octanol–water partition coefficient (Wildman–Crippen LogP) is 3.79. The van der Waals surface area contributed by atoms with Crippen LogP contribution in [0, 0.1) is 17.1 Å². The molecule has 0 unspecified atom stereocenters. The standard InChI is InChI=1S/C14H8ClFN2O2/c15-11-6-9(2-3-10(11)14(19)20)18-13-4-1-8(7-17)5-12(13)16/h1-6,18H,(H,19,20). The summed E-state index contributed by atoms with van der Waals surface area (Å²) < 4.78 is 13.7. The normalized spacial score (nSPS) is 9.85. The molecule has 0 spiro atoms. The number of nitrogens with one attached hydrogen (secondary N) is 1. The average molecular weight is 291 g/mol. The third-order valence-corrected chi connectivity index (χ3v) is 2.89. The Morgan fingerprint density at radius 3 is 2.60 bits per heavy atom. The van der Waals surface area contributed by atoms with Crippen molar-refractivity contribution < 1.29 is 14.3 Å². The van der Waals surface area contributed by atoms with E-state index in [2.05, 4.69) is 5.32 Å². The van der Waals surface area contributed by atoms with Crippen LogP contribution in [0.4, 0.5) is 15.8 Å². The van der Waals surface area contributed by atoms with E-state index < -0.39 is 11.8 Å². The van der Waals surface area contributed by atoms with Crippen LogP contribution in [-0.4, -0.2) is 11.1 Å². The molecular formula is C14H8ClFN2O2. The van der Waals surface area contributed by atoms with Gasteiger partial charge in [-0.1, -0.05) is 11.6 Å². The Morgan fingerprint density at radius 1 is 1.30 bits per heavy atom. The van der Waals surface area contributed by atoms with Crippen molar-refractivity contribution in [2.24, 2.45) is 0 Å². The van der Waals surface area contributed by atoms with Gasteiger partial charge in [0, 0.05) is 5.69 Å². The highest BCUT2D eigenvalue weighted by Crippen LogP contribution is 2.25. The van der Waals surface area contributed by atoms with Crippen LogP contribution >= 0.6 is 11.6 Å². The second kappa shape index (κ2) is 5.59. The Balaban J connectivity index is 2.29. The van der Waals surface area contributed by atoms with Gasteiger partial charge in [0.2, 0.25) is 0 Å². The van der Waals surface area contributed by atoms with Crippen molar-refractivity contribution in [1.82, 2.24) is 0 Å². The van der Waals surface area contributed by atoms with E-state index in [0.717, 1.165) is 6.07 Å². The van der Waals surface area contributed by atoms with Crippen molar-refractivity contribution in [2.45, 2.75) is 0 Å². The summed E-state index contributed by atoms with van der Waals surface area (Å²) in [5.41, 5.74) is 0.802. The highest BCUT2D eigenvalue weighted by atomic mass is 35.5. The molecule has 2 aromatic carbocycles. The number of rotatable bonds is 3. The first kappa shape index (κ1) is 13.8. The molecule has 0 amide bonds. The molecule has 2 N–H and O–H groups in total. The topological polar surface area (TPSA) is 73.1 Å². The minimum atomic E-state index is -1.13. The minimum Gasteiger partial charge on any atom is -0.478 e. The van der Waals surface area contributed by atoms with Crippen molar-refractivity contribution in [3.05, 3.63) is 58.4 Å². The highest BCUT2D eigenvalue weighted by Gasteiger charge is 2.10. The van der Waals surface area contributed by atoms with Crippen molar-refractivity contribution in [3.8, 4) is 6.07 Å². The number of nitriles is 1. The number of hydrogen-bond donors (Lipinski definition) is 2. The van der Waals surface area contributed by atoms with Gasteiger partial charge < -0.3 is 10.4 Å². The molecule has 0 fully saturated rings. The van der Waals surface area contributed by atoms with Gasteiger partial charge in [-0.05, 0) is 36.4 Å². The molecule has 0 aliphatic heterocycles. The Morgan fingerprint density at radius 2 is 2.05 bits per heavy atom. The predicted molar refractivity (Wildman–Crippen MR) is 72.8 cm³/mol. The molecule has 0 atom stereocenters. The number of benzene rings is 2. The molecule has 0 aliphatic carbocycles. The first-order valence-corrected chi connectivity index (χ1v) is 5.88. The van der Waals surface area contributed by atoms with Gasteiger partial charge in [0.15, 0.2) is 0 Å². The van der Waals surface area contributed by atoms with Gasteiger partial charge in [0.1, 0.15) is 5.82 Å². The average Bonchev–Trinajstić information content (AvgIpc) is 2.40. The quantitative estimate of drug-likeness (QED) is 0.902. The van der Waals surface area contributed by atoms with Gasteiger partial charge in [0.25, 0.3) is 0 Å². The van der Waals surface area contributed by atoms with Gasteiger partial charge in [-0.3, -0.25) is 0 Å². The Labute approximate surface area is 119 Å². The zero-order valence-corrected chi connectivity index (χ0v) is 10.8. The lowest BCUT2D eigenvalue weighted by Gasteiger charge is -2.09. The fourth-order valence-corrected chi connectivity index (χ4v) is 1.87. The van der Waals surface area contributed by atoms with E-state index in [-0.39, 0.29) is 21.8 Å². The zero-order chi connectivity index (χ0) is 14.7. The first-order valence-electron chi connectivity index (χ1n) is 5.51. The molecule has 0 aliphatic rings. The van der Waals surface area contributed by atoms with Crippen molar-refractivity contribution in [1.29, 1.82) is 5.26 Å². The van der Waals surface area contributed by atoms with Gasteiger partial charge in [-0.25, -0.2) is 9.18 Å². The molecule has 0 bridgehead atoms. The smallest absolute Gasteiger partial charge is 0.337 e.